The van der Waals surface area contributed by atoms with Gasteiger partial charge in [-0.15, -0.1) is 0 Å². The average molecular weight is 321 g/mol. The lowest BCUT2D eigenvalue weighted by Crippen LogP contribution is -2.42. The van der Waals surface area contributed by atoms with Gasteiger partial charge in [0.1, 0.15) is 4.32 Å². The number of rotatable bonds is 5. The molecule has 0 radical (unpaired) electrons. The van der Waals surface area contributed by atoms with E-state index in [9.17, 15) is 0 Å². The van der Waals surface area contributed by atoms with Crippen molar-refractivity contribution in [3.05, 3.63) is 35.9 Å². The highest BCUT2D eigenvalue weighted by Gasteiger charge is 2.23. The van der Waals surface area contributed by atoms with Gasteiger partial charge in [-0.1, -0.05) is 54.3 Å². The van der Waals surface area contributed by atoms with Gasteiger partial charge < -0.3 is 4.90 Å². The molecule has 0 bridgehead atoms. The summed E-state index contributed by atoms with van der Waals surface area (Å²) in [5, 5.41) is 0. The van der Waals surface area contributed by atoms with E-state index in [-0.39, 0.29) is 0 Å². The van der Waals surface area contributed by atoms with Gasteiger partial charge in [-0.25, -0.2) is 0 Å². The summed E-state index contributed by atoms with van der Waals surface area (Å²) >= 11 is 7.22. The second-order valence-electron chi connectivity index (χ2n) is 6.10. The molecular weight excluding hydrogens is 296 g/mol. The molecule has 2 nitrogen and oxygen atoms in total. The molecule has 2 fully saturated rings. The van der Waals surface area contributed by atoms with Crippen molar-refractivity contribution >= 4 is 28.3 Å². The van der Waals surface area contributed by atoms with Crippen molar-refractivity contribution in [3.8, 4) is 0 Å². The minimum Gasteiger partial charge on any atom is -0.344 e. The average Bonchev–Trinajstić information content (AvgIpc) is 2.93. The minimum atomic E-state index is 0.904. The summed E-state index contributed by atoms with van der Waals surface area (Å²) in [6.45, 7) is 4.67. The maximum absolute atomic E-state index is 5.39. The first-order valence-electron chi connectivity index (χ1n) is 7.99. The van der Waals surface area contributed by atoms with Gasteiger partial charge in [-0.05, 0) is 37.2 Å². The second-order valence-corrected chi connectivity index (χ2v) is 7.83. The maximum atomic E-state index is 5.39. The smallest absolute Gasteiger partial charge is 0.137 e. The Labute approximate surface area is 137 Å². The summed E-state index contributed by atoms with van der Waals surface area (Å²) in [6, 6.07) is 10.9. The van der Waals surface area contributed by atoms with Crippen molar-refractivity contribution in [2.75, 3.05) is 32.1 Å². The predicted molar refractivity (Wildman–Crippen MR) is 95.7 cm³/mol. The molecule has 0 aliphatic carbocycles. The molecular formula is C17H24N2S2. The molecule has 21 heavy (non-hydrogen) atoms. The molecule has 0 saturated carbocycles. The number of benzene rings is 1. The quantitative estimate of drug-likeness (QED) is 0.764. The molecule has 0 unspecified atom stereocenters. The summed E-state index contributed by atoms with van der Waals surface area (Å²) < 4.78 is 1.10. The molecule has 0 atom stereocenters. The van der Waals surface area contributed by atoms with Crippen molar-refractivity contribution in [1.29, 1.82) is 0 Å². The fraction of sp³-hybridized carbons (Fsp3) is 0.588. The van der Waals surface area contributed by atoms with Crippen LogP contribution in [0.25, 0.3) is 0 Å². The van der Waals surface area contributed by atoms with Gasteiger partial charge in [0.15, 0.2) is 0 Å². The lowest BCUT2D eigenvalue weighted by Gasteiger charge is -2.34. The van der Waals surface area contributed by atoms with Crippen LogP contribution < -0.4 is 0 Å². The fourth-order valence-electron chi connectivity index (χ4n) is 3.23. The third-order valence-corrected chi connectivity index (χ3v) is 6.11. The molecule has 3 rings (SSSR count). The van der Waals surface area contributed by atoms with E-state index in [1.54, 1.807) is 0 Å². The zero-order valence-electron chi connectivity index (χ0n) is 12.5. The standard InChI is InChI=1S/C17H24N2S2/c20-17-19(12-13-21-17)14-18-10-8-16(9-11-18)7-6-15-4-2-1-3-5-15/h1-5,16H,6-14H2. The molecule has 1 aromatic rings. The molecule has 0 amide bonds. The van der Waals surface area contributed by atoms with E-state index < -0.39 is 0 Å². The zero-order chi connectivity index (χ0) is 14.5. The Bertz CT molecular complexity index is 455. The number of piperidine rings is 1. The number of thioether (sulfide) groups is 1. The Morgan fingerprint density at radius 1 is 1.10 bits per heavy atom. The van der Waals surface area contributed by atoms with Crippen LogP contribution >= 0.6 is 24.0 Å². The van der Waals surface area contributed by atoms with E-state index in [2.05, 4.69) is 40.1 Å². The van der Waals surface area contributed by atoms with E-state index in [0.717, 1.165) is 23.5 Å². The summed E-state index contributed by atoms with van der Waals surface area (Å²) in [5.74, 6) is 2.08. The third-order valence-electron chi connectivity index (χ3n) is 4.61. The number of aryl methyl sites for hydroxylation is 1. The van der Waals surface area contributed by atoms with Crippen molar-refractivity contribution in [3.63, 3.8) is 0 Å². The second kappa shape index (κ2) is 7.61. The van der Waals surface area contributed by atoms with Crippen molar-refractivity contribution in [2.24, 2.45) is 5.92 Å². The van der Waals surface area contributed by atoms with Gasteiger partial charge in [-0.3, -0.25) is 4.90 Å². The Kier molecular flexibility index (Phi) is 5.55. The highest BCUT2D eigenvalue weighted by atomic mass is 32.2. The van der Waals surface area contributed by atoms with E-state index in [0.29, 0.717) is 0 Å². The molecule has 2 aliphatic rings. The topological polar surface area (TPSA) is 6.48 Å². The van der Waals surface area contributed by atoms with E-state index in [4.69, 9.17) is 12.2 Å². The number of thiocarbonyl (C=S) groups is 1. The third kappa shape index (κ3) is 4.44. The number of hydrogen-bond acceptors (Lipinski definition) is 3. The van der Waals surface area contributed by atoms with Crippen LogP contribution in [-0.4, -0.2) is 46.2 Å². The van der Waals surface area contributed by atoms with E-state index in [1.165, 1.54) is 50.1 Å². The Balaban J connectivity index is 1.38. The molecule has 0 N–H and O–H groups in total. The summed E-state index contributed by atoms with van der Waals surface area (Å²) in [6.07, 6.45) is 5.27. The van der Waals surface area contributed by atoms with Gasteiger partial charge in [0.25, 0.3) is 0 Å². The van der Waals surface area contributed by atoms with Gasteiger partial charge in [0.2, 0.25) is 0 Å². The summed E-state index contributed by atoms with van der Waals surface area (Å²) in [4.78, 5) is 4.95. The molecule has 2 aliphatic heterocycles. The van der Waals surface area contributed by atoms with E-state index >= 15 is 0 Å². The monoisotopic (exact) mass is 320 g/mol. The van der Waals surface area contributed by atoms with Crippen molar-refractivity contribution in [1.82, 2.24) is 9.80 Å². The van der Waals surface area contributed by atoms with Crippen LogP contribution in [0.5, 0.6) is 0 Å². The number of hydrogen-bond donors (Lipinski definition) is 0. The van der Waals surface area contributed by atoms with Crippen LogP contribution in [0.3, 0.4) is 0 Å². The van der Waals surface area contributed by atoms with Crippen molar-refractivity contribution in [2.45, 2.75) is 25.7 Å². The Hall–Kier alpha value is -0.580. The van der Waals surface area contributed by atoms with Crippen LogP contribution in [0.15, 0.2) is 30.3 Å². The maximum Gasteiger partial charge on any atom is 0.137 e. The normalized spacial score (nSPS) is 21.1. The molecule has 2 saturated heterocycles. The molecule has 114 valence electrons. The molecule has 4 heteroatoms. The molecule has 2 heterocycles. The van der Waals surface area contributed by atoms with Crippen LogP contribution in [0.1, 0.15) is 24.8 Å². The lowest BCUT2D eigenvalue weighted by molar-refractivity contribution is 0.135. The number of likely N-dealkylation sites (tertiary alicyclic amines) is 1. The lowest BCUT2D eigenvalue weighted by atomic mass is 9.91. The molecule has 0 aromatic heterocycles. The summed E-state index contributed by atoms with van der Waals surface area (Å²) in [5.41, 5.74) is 1.49. The van der Waals surface area contributed by atoms with Crippen molar-refractivity contribution < 1.29 is 0 Å². The minimum absolute atomic E-state index is 0.904. The fourth-order valence-corrected chi connectivity index (χ4v) is 4.44. The van der Waals surface area contributed by atoms with Gasteiger partial charge in [0.05, 0.1) is 6.67 Å². The SMILES string of the molecule is S=C1SCCN1CN1CCC(CCc2ccccc2)CC1. The largest absolute Gasteiger partial charge is 0.344 e. The van der Waals surface area contributed by atoms with Crippen LogP contribution in [0.2, 0.25) is 0 Å². The van der Waals surface area contributed by atoms with Gasteiger partial charge in [-0.2, -0.15) is 0 Å². The van der Waals surface area contributed by atoms with E-state index in [1.807, 2.05) is 11.8 Å². The Morgan fingerprint density at radius 3 is 2.52 bits per heavy atom. The van der Waals surface area contributed by atoms with Crippen LogP contribution in [0, 0.1) is 5.92 Å². The van der Waals surface area contributed by atoms with Crippen LogP contribution in [-0.2, 0) is 6.42 Å². The first kappa shape index (κ1) is 15.3. The summed E-state index contributed by atoms with van der Waals surface area (Å²) in [7, 11) is 0. The van der Waals surface area contributed by atoms with Gasteiger partial charge >= 0.3 is 0 Å². The first-order valence-corrected chi connectivity index (χ1v) is 9.38. The first-order chi connectivity index (χ1) is 10.3. The zero-order valence-corrected chi connectivity index (χ0v) is 14.2. The number of nitrogens with zero attached hydrogens (tertiary/aromatic N) is 2. The molecule has 0 spiro atoms. The highest BCUT2D eigenvalue weighted by molar-refractivity contribution is 8.23. The van der Waals surface area contributed by atoms with Crippen LogP contribution in [0.4, 0.5) is 0 Å². The highest BCUT2D eigenvalue weighted by Crippen LogP contribution is 2.24. The van der Waals surface area contributed by atoms with Gasteiger partial charge in [0, 0.05) is 25.4 Å². The predicted octanol–water partition coefficient (Wildman–Crippen LogP) is 3.62. The molecule has 1 aromatic carbocycles. The Morgan fingerprint density at radius 2 is 1.86 bits per heavy atom.